The molecule has 1 atom stereocenters. The molecule has 6 heteroatoms. The first kappa shape index (κ1) is 12.5. The number of rotatable bonds is 3. The first-order valence-corrected chi connectivity index (χ1v) is 6.68. The summed E-state index contributed by atoms with van der Waals surface area (Å²) in [5.41, 5.74) is 6.40. The number of amides is 1. The number of carbonyl (C=O) groups excluding carboxylic acids is 1. The summed E-state index contributed by atoms with van der Waals surface area (Å²) < 4.78 is 5.21. The summed E-state index contributed by atoms with van der Waals surface area (Å²) in [6, 6.07) is -0.0637. The van der Waals surface area contributed by atoms with Crippen LogP contribution in [0.4, 0.5) is 0 Å². The molecule has 0 aromatic carbocycles. The van der Waals surface area contributed by atoms with E-state index < -0.39 is 0 Å². The fourth-order valence-electron chi connectivity index (χ4n) is 1.66. The number of hydrogen-bond donors (Lipinski definition) is 1. The van der Waals surface area contributed by atoms with Crippen LogP contribution >= 0.6 is 11.3 Å². The van der Waals surface area contributed by atoms with Crippen LogP contribution in [0.25, 0.3) is 0 Å². The van der Waals surface area contributed by atoms with Gasteiger partial charge in [0.1, 0.15) is 10.7 Å². The van der Waals surface area contributed by atoms with Gasteiger partial charge >= 0.3 is 0 Å². The largest absolute Gasteiger partial charge is 0.378 e. The van der Waals surface area contributed by atoms with Gasteiger partial charge in [0.2, 0.25) is 0 Å². The maximum absolute atomic E-state index is 12.1. The molecule has 0 saturated carbocycles. The minimum absolute atomic E-state index is 0.0147. The predicted octanol–water partition coefficient (Wildman–Crippen LogP) is 1.03. The Bertz CT molecular complexity index is 388. The molecule has 0 bridgehead atoms. The third kappa shape index (κ3) is 2.83. The smallest absolute Gasteiger partial charge is 0.273 e. The predicted molar refractivity (Wildman–Crippen MR) is 66.1 cm³/mol. The number of aromatic nitrogens is 1. The van der Waals surface area contributed by atoms with Gasteiger partial charge in [-0.3, -0.25) is 4.79 Å². The zero-order valence-electron chi connectivity index (χ0n) is 9.89. The van der Waals surface area contributed by atoms with Crippen molar-refractivity contribution in [1.29, 1.82) is 0 Å². The molecule has 2 rings (SSSR count). The van der Waals surface area contributed by atoms with Gasteiger partial charge in [-0.1, -0.05) is 6.92 Å². The number of nitrogens with zero attached hydrogens (tertiary/aromatic N) is 2. The van der Waals surface area contributed by atoms with Gasteiger partial charge in [-0.05, 0) is 6.42 Å². The van der Waals surface area contributed by atoms with Crippen LogP contribution in [-0.2, 0) is 4.74 Å². The zero-order valence-corrected chi connectivity index (χ0v) is 10.7. The SMILES string of the molecule is CCC(N)c1nc(C(=O)N2CCOCC2)cs1. The lowest BCUT2D eigenvalue weighted by Crippen LogP contribution is -2.40. The fourth-order valence-corrected chi connectivity index (χ4v) is 2.54. The Morgan fingerprint density at radius 1 is 1.65 bits per heavy atom. The maximum atomic E-state index is 12.1. The summed E-state index contributed by atoms with van der Waals surface area (Å²) in [5.74, 6) is -0.0147. The number of thiazole rings is 1. The Labute approximate surface area is 105 Å². The summed E-state index contributed by atoms with van der Waals surface area (Å²) in [4.78, 5) is 18.2. The summed E-state index contributed by atoms with van der Waals surface area (Å²) in [7, 11) is 0. The Balaban J connectivity index is 2.06. The molecule has 1 unspecified atom stereocenters. The molecule has 5 nitrogen and oxygen atoms in total. The average Bonchev–Trinajstić information content (AvgIpc) is 2.87. The Hall–Kier alpha value is -0.980. The molecule has 0 spiro atoms. The van der Waals surface area contributed by atoms with Crippen molar-refractivity contribution < 1.29 is 9.53 Å². The number of hydrogen-bond acceptors (Lipinski definition) is 5. The number of nitrogens with two attached hydrogens (primary N) is 1. The summed E-state index contributed by atoms with van der Waals surface area (Å²) in [6.45, 7) is 4.51. The number of morpholine rings is 1. The van der Waals surface area contributed by atoms with E-state index in [-0.39, 0.29) is 11.9 Å². The molecule has 1 aliphatic heterocycles. The van der Waals surface area contributed by atoms with E-state index in [0.717, 1.165) is 11.4 Å². The maximum Gasteiger partial charge on any atom is 0.273 e. The summed E-state index contributed by atoms with van der Waals surface area (Å²) in [5, 5.41) is 2.63. The lowest BCUT2D eigenvalue weighted by molar-refractivity contribution is 0.0299. The van der Waals surface area contributed by atoms with Gasteiger partial charge in [-0.2, -0.15) is 0 Å². The van der Waals surface area contributed by atoms with E-state index in [1.54, 1.807) is 10.3 Å². The number of carbonyl (C=O) groups is 1. The Kier molecular flexibility index (Phi) is 4.09. The minimum atomic E-state index is -0.0637. The van der Waals surface area contributed by atoms with Gasteiger partial charge in [0.25, 0.3) is 5.91 Å². The summed E-state index contributed by atoms with van der Waals surface area (Å²) >= 11 is 1.46. The van der Waals surface area contributed by atoms with Gasteiger partial charge in [0, 0.05) is 18.5 Å². The van der Waals surface area contributed by atoms with E-state index in [9.17, 15) is 4.79 Å². The minimum Gasteiger partial charge on any atom is -0.378 e. The molecular weight excluding hydrogens is 238 g/mol. The normalized spacial score (nSPS) is 18.1. The highest BCUT2D eigenvalue weighted by molar-refractivity contribution is 7.09. The second kappa shape index (κ2) is 5.57. The Morgan fingerprint density at radius 3 is 3.00 bits per heavy atom. The molecular formula is C11H17N3O2S. The second-order valence-corrected chi connectivity index (χ2v) is 4.88. The molecule has 1 aromatic rings. The van der Waals surface area contributed by atoms with Gasteiger partial charge in [0.05, 0.1) is 19.3 Å². The van der Waals surface area contributed by atoms with E-state index in [2.05, 4.69) is 4.98 Å². The molecule has 1 saturated heterocycles. The van der Waals surface area contributed by atoms with Crippen LogP contribution in [0.2, 0.25) is 0 Å². The van der Waals surface area contributed by atoms with Crippen LogP contribution in [-0.4, -0.2) is 42.1 Å². The first-order chi connectivity index (χ1) is 8.22. The van der Waals surface area contributed by atoms with Crippen molar-refractivity contribution >= 4 is 17.2 Å². The Morgan fingerprint density at radius 2 is 2.35 bits per heavy atom. The second-order valence-electron chi connectivity index (χ2n) is 3.99. The molecule has 17 heavy (non-hydrogen) atoms. The molecule has 1 fully saturated rings. The average molecular weight is 255 g/mol. The van der Waals surface area contributed by atoms with Crippen molar-refractivity contribution in [1.82, 2.24) is 9.88 Å². The monoisotopic (exact) mass is 255 g/mol. The highest BCUT2D eigenvalue weighted by atomic mass is 32.1. The lowest BCUT2D eigenvalue weighted by Gasteiger charge is -2.26. The molecule has 1 amide bonds. The van der Waals surface area contributed by atoms with Crippen LogP contribution in [0.5, 0.6) is 0 Å². The summed E-state index contributed by atoms with van der Waals surface area (Å²) in [6.07, 6.45) is 0.832. The van der Waals surface area contributed by atoms with E-state index >= 15 is 0 Å². The molecule has 1 aliphatic rings. The van der Waals surface area contributed by atoms with Crippen LogP contribution in [0.3, 0.4) is 0 Å². The van der Waals surface area contributed by atoms with Crippen molar-refractivity contribution in [2.45, 2.75) is 19.4 Å². The van der Waals surface area contributed by atoms with Gasteiger partial charge in [0.15, 0.2) is 0 Å². The molecule has 1 aromatic heterocycles. The fraction of sp³-hybridized carbons (Fsp3) is 0.636. The van der Waals surface area contributed by atoms with E-state index in [1.165, 1.54) is 11.3 Å². The van der Waals surface area contributed by atoms with Crippen molar-refractivity contribution in [2.75, 3.05) is 26.3 Å². The van der Waals surface area contributed by atoms with Crippen LogP contribution in [0.15, 0.2) is 5.38 Å². The van der Waals surface area contributed by atoms with Crippen molar-refractivity contribution in [3.63, 3.8) is 0 Å². The highest BCUT2D eigenvalue weighted by Gasteiger charge is 2.21. The van der Waals surface area contributed by atoms with E-state index in [0.29, 0.717) is 32.0 Å². The van der Waals surface area contributed by atoms with Crippen LogP contribution in [0, 0.1) is 0 Å². The molecule has 0 radical (unpaired) electrons. The van der Waals surface area contributed by atoms with Gasteiger partial charge < -0.3 is 15.4 Å². The van der Waals surface area contributed by atoms with Crippen molar-refractivity contribution in [3.05, 3.63) is 16.1 Å². The first-order valence-electron chi connectivity index (χ1n) is 5.80. The molecule has 94 valence electrons. The highest BCUT2D eigenvalue weighted by Crippen LogP contribution is 2.19. The quantitative estimate of drug-likeness (QED) is 0.875. The lowest BCUT2D eigenvalue weighted by atomic mass is 10.2. The molecule has 2 N–H and O–H groups in total. The van der Waals surface area contributed by atoms with Crippen molar-refractivity contribution in [3.8, 4) is 0 Å². The van der Waals surface area contributed by atoms with Gasteiger partial charge in [-0.25, -0.2) is 4.98 Å². The van der Waals surface area contributed by atoms with E-state index in [4.69, 9.17) is 10.5 Å². The number of ether oxygens (including phenoxy) is 1. The zero-order chi connectivity index (χ0) is 12.3. The van der Waals surface area contributed by atoms with Crippen LogP contribution in [0.1, 0.15) is 34.9 Å². The standard InChI is InChI=1S/C11H17N3O2S/c1-2-8(12)10-13-9(7-17-10)11(15)14-3-5-16-6-4-14/h7-8H,2-6,12H2,1H3. The van der Waals surface area contributed by atoms with E-state index in [1.807, 2.05) is 6.92 Å². The van der Waals surface area contributed by atoms with Gasteiger partial charge in [-0.15, -0.1) is 11.3 Å². The topological polar surface area (TPSA) is 68.5 Å². The third-order valence-electron chi connectivity index (χ3n) is 2.80. The van der Waals surface area contributed by atoms with Crippen LogP contribution < -0.4 is 5.73 Å². The molecule has 0 aliphatic carbocycles. The third-order valence-corrected chi connectivity index (χ3v) is 3.77. The van der Waals surface area contributed by atoms with Crippen molar-refractivity contribution in [2.24, 2.45) is 5.73 Å². The molecule has 2 heterocycles.